The fraction of sp³-hybridized carbons (Fsp3) is 0.684. The standard InChI is InChI=1S/C38H51NO3/c1-33(2)18-20-38(32(40)41-8)21-19-36(6)26(27(38)23-33)14-15-29-35(5)22-25-30(24-12-10-9-11-13-24)42-39-31(25)34(3,4)28(35)16-17-37(29,36)7/h9-14,27-29H,15-23H2,1-8H3/t27-,28-,29+,35-,36+,37+,38-/m0/s1. The Balaban J connectivity index is 1.34. The van der Waals surface area contributed by atoms with Crippen LogP contribution in [0.3, 0.4) is 0 Å². The zero-order valence-electron chi connectivity index (χ0n) is 27.2. The summed E-state index contributed by atoms with van der Waals surface area (Å²) in [5.74, 6) is 2.40. The number of benzene rings is 1. The van der Waals surface area contributed by atoms with E-state index in [1.807, 2.05) is 0 Å². The van der Waals surface area contributed by atoms with Gasteiger partial charge in [0.05, 0.1) is 18.2 Å². The zero-order valence-corrected chi connectivity index (χ0v) is 27.2. The van der Waals surface area contributed by atoms with E-state index in [0.717, 1.165) is 56.3 Å². The fourth-order valence-corrected chi connectivity index (χ4v) is 12.0. The largest absolute Gasteiger partial charge is 0.469 e. The molecule has 0 aliphatic heterocycles. The summed E-state index contributed by atoms with van der Waals surface area (Å²) in [6, 6.07) is 10.6. The molecule has 4 heteroatoms. The quantitative estimate of drug-likeness (QED) is 0.267. The van der Waals surface area contributed by atoms with Crippen LogP contribution in [-0.2, 0) is 21.4 Å². The van der Waals surface area contributed by atoms with Gasteiger partial charge in [0.25, 0.3) is 0 Å². The van der Waals surface area contributed by atoms with E-state index in [9.17, 15) is 4.79 Å². The van der Waals surface area contributed by atoms with Crippen molar-refractivity contribution in [3.05, 3.63) is 53.2 Å². The van der Waals surface area contributed by atoms with Gasteiger partial charge in [-0.05, 0) is 97.2 Å². The van der Waals surface area contributed by atoms with Crippen molar-refractivity contribution in [1.82, 2.24) is 5.16 Å². The van der Waals surface area contributed by atoms with Crippen molar-refractivity contribution in [2.75, 3.05) is 7.11 Å². The molecule has 0 N–H and O–H groups in total. The molecule has 0 radical (unpaired) electrons. The Hall–Kier alpha value is -2.36. The minimum atomic E-state index is -0.352. The van der Waals surface area contributed by atoms with Crippen LogP contribution in [0.15, 0.2) is 46.5 Å². The van der Waals surface area contributed by atoms with E-state index in [2.05, 4.69) is 84.9 Å². The smallest absolute Gasteiger partial charge is 0.312 e. The van der Waals surface area contributed by atoms with Crippen molar-refractivity contribution in [3.63, 3.8) is 0 Å². The average Bonchev–Trinajstić information content (AvgIpc) is 3.37. The minimum absolute atomic E-state index is 0.0383. The first-order chi connectivity index (χ1) is 19.7. The highest BCUT2D eigenvalue weighted by Gasteiger charge is 2.69. The first-order valence-electron chi connectivity index (χ1n) is 16.6. The molecule has 42 heavy (non-hydrogen) atoms. The number of allylic oxidation sites excluding steroid dienone is 2. The van der Waals surface area contributed by atoms with Gasteiger partial charge in [0.15, 0.2) is 5.76 Å². The summed E-state index contributed by atoms with van der Waals surface area (Å²) in [6.45, 7) is 17.5. The average molecular weight is 570 g/mol. The third-order valence-corrected chi connectivity index (χ3v) is 14.4. The van der Waals surface area contributed by atoms with Gasteiger partial charge in [-0.3, -0.25) is 4.79 Å². The minimum Gasteiger partial charge on any atom is -0.469 e. The van der Waals surface area contributed by atoms with Crippen LogP contribution in [0, 0.1) is 44.8 Å². The molecule has 7 atom stereocenters. The Labute approximate surface area is 253 Å². The molecule has 2 aromatic rings. The van der Waals surface area contributed by atoms with Gasteiger partial charge in [0.1, 0.15) is 0 Å². The number of fused-ring (bicyclic) bond motifs is 8. The number of methoxy groups -OCH3 is 1. The topological polar surface area (TPSA) is 52.3 Å². The third-order valence-electron chi connectivity index (χ3n) is 14.4. The van der Waals surface area contributed by atoms with E-state index in [4.69, 9.17) is 14.4 Å². The van der Waals surface area contributed by atoms with Gasteiger partial charge >= 0.3 is 5.97 Å². The number of esters is 1. The second-order valence-electron chi connectivity index (χ2n) is 17.0. The number of carbonyl (C=O) groups excluding carboxylic acids is 1. The summed E-state index contributed by atoms with van der Waals surface area (Å²) in [5.41, 5.74) is 5.46. The maximum Gasteiger partial charge on any atom is 0.312 e. The number of aromatic nitrogens is 1. The Morgan fingerprint density at radius 2 is 1.64 bits per heavy atom. The maximum absolute atomic E-state index is 13.6. The van der Waals surface area contributed by atoms with Crippen LogP contribution < -0.4 is 0 Å². The molecule has 1 aromatic heterocycles. The molecule has 3 saturated carbocycles. The van der Waals surface area contributed by atoms with Gasteiger partial charge in [-0.25, -0.2) is 0 Å². The molecule has 1 aromatic carbocycles. The number of rotatable bonds is 2. The van der Waals surface area contributed by atoms with Crippen molar-refractivity contribution < 1.29 is 14.1 Å². The van der Waals surface area contributed by atoms with Crippen LogP contribution in [0.25, 0.3) is 11.3 Å². The van der Waals surface area contributed by atoms with Crippen molar-refractivity contribution in [2.24, 2.45) is 44.8 Å². The number of carbonyl (C=O) groups is 1. The van der Waals surface area contributed by atoms with E-state index in [0.29, 0.717) is 11.8 Å². The highest BCUT2D eigenvalue weighted by atomic mass is 16.5. The Morgan fingerprint density at radius 1 is 0.929 bits per heavy atom. The van der Waals surface area contributed by atoms with Crippen LogP contribution in [0.1, 0.15) is 111 Å². The van der Waals surface area contributed by atoms with Crippen LogP contribution in [-0.4, -0.2) is 18.2 Å². The number of hydrogen-bond acceptors (Lipinski definition) is 4. The first-order valence-corrected chi connectivity index (χ1v) is 16.6. The van der Waals surface area contributed by atoms with Gasteiger partial charge in [-0.1, -0.05) is 95.6 Å². The lowest BCUT2D eigenvalue weighted by molar-refractivity contribution is -0.179. The Kier molecular flexibility index (Phi) is 5.99. The maximum atomic E-state index is 13.6. The molecule has 0 spiro atoms. The molecule has 5 aliphatic carbocycles. The predicted molar refractivity (Wildman–Crippen MR) is 167 cm³/mol. The normalized spacial score (nSPS) is 41.2. The van der Waals surface area contributed by atoms with Gasteiger partial charge in [0.2, 0.25) is 0 Å². The van der Waals surface area contributed by atoms with Gasteiger partial charge in [-0.15, -0.1) is 0 Å². The molecule has 0 amide bonds. The van der Waals surface area contributed by atoms with Gasteiger partial charge in [-0.2, -0.15) is 0 Å². The predicted octanol–water partition coefficient (Wildman–Crippen LogP) is 9.33. The van der Waals surface area contributed by atoms with Gasteiger partial charge < -0.3 is 9.26 Å². The molecule has 0 saturated heterocycles. The molecule has 4 nitrogen and oxygen atoms in total. The highest BCUT2D eigenvalue weighted by molar-refractivity contribution is 5.78. The number of ether oxygens (including phenoxy) is 1. The number of hydrogen-bond donors (Lipinski definition) is 0. The molecule has 226 valence electrons. The third kappa shape index (κ3) is 3.47. The summed E-state index contributed by atoms with van der Waals surface area (Å²) in [5, 5.41) is 4.77. The molecule has 1 heterocycles. The molecule has 0 unspecified atom stereocenters. The summed E-state index contributed by atoms with van der Waals surface area (Å²) in [4.78, 5) is 13.6. The molecule has 3 fully saturated rings. The van der Waals surface area contributed by atoms with Crippen molar-refractivity contribution >= 4 is 5.97 Å². The molecule has 0 bridgehead atoms. The van der Waals surface area contributed by atoms with E-state index >= 15 is 0 Å². The fourth-order valence-electron chi connectivity index (χ4n) is 12.0. The van der Waals surface area contributed by atoms with Gasteiger partial charge in [0, 0.05) is 16.5 Å². The summed E-state index contributed by atoms with van der Waals surface area (Å²) in [7, 11) is 1.60. The second-order valence-corrected chi connectivity index (χ2v) is 17.0. The van der Waals surface area contributed by atoms with Crippen molar-refractivity contribution in [2.45, 2.75) is 112 Å². The number of nitrogens with zero attached hydrogens (tertiary/aromatic N) is 1. The van der Waals surface area contributed by atoms with E-state index in [1.165, 1.54) is 24.1 Å². The summed E-state index contributed by atoms with van der Waals surface area (Å²) >= 11 is 0. The molecular weight excluding hydrogens is 518 g/mol. The Bertz CT molecular complexity index is 1450. The van der Waals surface area contributed by atoms with Crippen LogP contribution in [0.4, 0.5) is 0 Å². The van der Waals surface area contributed by atoms with E-state index in [1.54, 1.807) is 12.7 Å². The Morgan fingerprint density at radius 3 is 2.36 bits per heavy atom. The lowest BCUT2D eigenvalue weighted by atomic mass is 9.33. The van der Waals surface area contributed by atoms with Crippen LogP contribution in [0.5, 0.6) is 0 Å². The van der Waals surface area contributed by atoms with E-state index in [-0.39, 0.29) is 44.4 Å². The molecular formula is C38H51NO3. The van der Waals surface area contributed by atoms with Crippen LogP contribution >= 0.6 is 0 Å². The SMILES string of the molecule is COC(=O)[C@]12CCC(C)(C)C[C@H]1C1=CC[C@@H]3[C@@]4(C)Cc5c(noc5-c5ccccc5)C(C)(C)[C@@H]4CC[C@@]3(C)[C@]1(C)CC2. The summed E-state index contributed by atoms with van der Waals surface area (Å²) < 4.78 is 11.7. The monoisotopic (exact) mass is 569 g/mol. The lowest BCUT2D eigenvalue weighted by Crippen LogP contribution is -2.64. The van der Waals surface area contributed by atoms with Crippen LogP contribution in [0.2, 0.25) is 0 Å². The zero-order chi connectivity index (χ0) is 29.9. The highest BCUT2D eigenvalue weighted by Crippen LogP contribution is 2.75. The lowest BCUT2D eigenvalue weighted by Gasteiger charge is -2.70. The first kappa shape index (κ1) is 28.4. The van der Waals surface area contributed by atoms with Crippen molar-refractivity contribution in [3.8, 4) is 11.3 Å². The molecule has 7 rings (SSSR count). The van der Waals surface area contributed by atoms with E-state index < -0.39 is 0 Å². The summed E-state index contributed by atoms with van der Waals surface area (Å²) in [6.07, 6.45) is 12.4. The van der Waals surface area contributed by atoms with Crippen molar-refractivity contribution in [1.29, 1.82) is 0 Å². The molecule has 5 aliphatic rings. The second kappa shape index (κ2) is 8.85.